The minimum atomic E-state index is -0.558. The summed E-state index contributed by atoms with van der Waals surface area (Å²) in [7, 11) is 0. The van der Waals surface area contributed by atoms with E-state index in [9.17, 15) is 9.59 Å². The third-order valence-corrected chi connectivity index (χ3v) is 5.49. The molecule has 5 nitrogen and oxygen atoms in total. The molecule has 2 aromatic carbocycles. The van der Waals surface area contributed by atoms with Crippen LogP contribution in [0.25, 0.3) is 6.08 Å². The van der Waals surface area contributed by atoms with Crippen molar-refractivity contribution in [2.24, 2.45) is 0 Å². The number of nitrogens with one attached hydrogen (secondary N) is 1. The Balaban J connectivity index is 1.85. The molecule has 8 heteroatoms. The topological polar surface area (TPSA) is 58.6 Å². The summed E-state index contributed by atoms with van der Waals surface area (Å²) in [6, 6.07) is 11.4. The van der Waals surface area contributed by atoms with Crippen LogP contribution in [0.3, 0.4) is 0 Å². The third-order valence-electron chi connectivity index (χ3n) is 4.29. The molecule has 0 radical (unpaired) electrons. The summed E-state index contributed by atoms with van der Waals surface area (Å²) in [4.78, 5) is 26.2. The summed E-state index contributed by atoms with van der Waals surface area (Å²) in [5.41, 5.74) is 2.69. The van der Waals surface area contributed by atoms with E-state index in [1.165, 1.54) is 17.1 Å². The van der Waals surface area contributed by atoms with Crippen LogP contribution in [0.4, 0.5) is 0 Å². The highest BCUT2D eigenvalue weighted by atomic mass is 79.9. The summed E-state index contributed by atoms with van der Waals surface area (Å²) in [5, 5.41) is 2.92. The molecule has 1 saturated heterocycles. The summed E-state index contributed by atoms with van der Waals surface area (Å²) in [6.07, 6.45) is 3.00. The average Bonchev–Trinajstić information content (AvgIpc) is 2.68. The molecule has 1 heterocycles. The lowest BCUT2D eigenvalue weighted by atomic mass is 10.1. The Morgan fingerprint density at radius 2 is 2.07 bits per heavy atom. The Kier molecular flexibility index (Phi) is 7.07. The first-order valence-corrected chi connectivity index (χ1v) is 10.5. The highest BCUT2D eigenvalue weighted by Gasteiger charge is 2.32. The van der Waals surface area contributed by atoms with Crippen molar-refractivity contribution in [1.82, 2.24) is 10.2 Å². The van der Waals surface area contributed by atoms with Gasteiger partial charge in [-0.15, -0.1) is 6.58 Å². The zero-order valence-electron chi connectivity index (χ0n) is 16.1. The summed E-state index contributed by atoms with van der Waals surface area (Å²) in [5.74, 6) is -0.567. The first-order chi connectivity index (χ1) is 14.3. The molecule has 30 heavy (non-hydrogen) atoms. The SMILES string of the molecule is C=CCN1C(=O)/C(=C/c2cc(Cl)c(OCc3cccc(C)c3)c(Br)c2)C(=O)NC1=S. The van der Waals surface area contributed by atoms with Crippen LogP contribution in [0.5, 0.6) is 5.75 Å². The molecule has 1 fully saturated rings. The molecule has 154 valence electrons. The maximum Gasteiger partial charge on any atom is 0.265 e. The van der Waals surface area contributed by atoms with Crippen molar-refractivity contribution in [1.29, 1.82) is 0 Å². The summed E-state index contributed by atoms with van der Waals surface area (Å²) >= 11 is 14.9. The molecule has 3 rings (SSSR count). The molecule has 2 aromatic rings. The van der Waals surface area contributed by atoms with Crippen molar-refractivity contribution in [2.45, 2.75) is 13.5 Å². The fourth-order valence-electron chi connectivity index (χ4n) is 2.91. The molecule has 0 bridgehead atoms. The van der Waals surface area contributed by atoms with E-state index in [0.29, 0.717) is 27.4 Å². The van der Waals surface area contributed by atoms with Gasteiger partial charge in [0.25, 0.3) is 11.8 Å². The highest BCUT2D eigenvalue weighted by Crippen LogP contribution is 2.36. The Hall–Kier alpha value is -2.48. The Morgan fingerprint density at radius 3 is 2.73 bits per heavy atom. The average molecular weight is 506 g/mol. The van der Waals surface area contributed by atoms with Gasteiger partial charge in [-0.05, 0) is 64.4 Å². The first-order valence-electron chi connectivity index (χ1n) is 8.97. The number of amides is 2. The van der Waals surface area contributed by atoms with Gasteiger partial charge >= 0.3 is 0 Å². The normalized spacial score (nSPS) is 15.4. The molecule has 1 aliphatic heterocycles. The number of carbonyl (C=O) groups excluding carboxylic acids is 2. The molecule has 0 aliphatic carbocycles. The molecular weight excluding hydrogens is 488 g/mol. The number of hydrogen-bond acceptors (Lipinski definition) is 4. The van der Waals surface area contributed by atoms with E-state index in [2.05, 4.69) is 27.8 Å². The predicted octanol–water partition coefficient (Wildman–Crippen LogP) is 4.80. The van der Waals surface area contributed by atoms with Crippen molar-refractivity contribution in [2.75, 3.05) is 6.54 Å². The van der Waals surface area contributed by atoms with E-state index >= 15 is 0 Å². The second-order valence-corrected chi connectivity index (χ2v) is 8.26. The second kappa shape index (κ2) is 9.55. The Bertz CT molecular complexity index is 1060. The van der Waals surface area contributed by atoms with Gasteiger partial charge in [0.15, 0.2) is 10.9 Å². The van der Waals surface area contributed by atoms with Crippen LogP contribution in [-0.2, 0) is 16.2 Å². The number of aryl methyl sites for hydroxylation is 1. The van der Waals surface area contributed by atoms with Crippen LogP contribution in [0, 0.1) is 6.92 Å². The van der Waals surface area contributed by atoms with Gasteiger partial charge in [0.2, 0.25) is 0 Å². The third kappa shape index (κ3) is 4.98. The van der Waals surface area contributed by atoms with Crippen molar-refractivity contribution in [3.8, 4) is 5.75 Å². The van der Waals surface area contributed by atoms with Gasteiger partial charge in [-0.2, -0.15) is 0 Å². The fourth-order valence-corrected chi connectivity index (χ4v) is 4.15. The lowest BCUT2D eigenvalue weighted by molar-refractivity contribution is -0.128. The van der Waals surface area contributed by atoms with Crippen LogP contribution in [0.2, 0.25) is 5.02 Å². The van der Waals surface area contributed by atoms with Gasteiger partial charge in [-0.3, -0.25) is 19.8 Å². The highest BCUT2D eigenvalue weighted by molar-refractivity contribution is 9.10. The number of thiocarbonyl (C=S) groups is 1. The molecule has 1 aliphatic rings. The van der Waals surface area contributed by atoms with Gasteiger partial charge in [0, 0.05) is 6.54 Å². The molecule has 1 N–H and O–H groups in total. The van der Waals surface area contributed by atoms with Crippen molar-refractivity contribution < 1.29 is 14.3 Å². The van der Waals surface area contributed by atoms with E-state index in [0.717, 1.165) is 11.1 Å². The van der Waals surface area contributed by atoms with Crippen LogP contribution in [0.15, 0.2) is 59.1 Å². The van der Waals surface area contributed by atoms with Crippen LogP contribution >= 0.6 is 39.7 Å². The van der Waals surface area contributed by atoms with Gasteiger partial charge in [-0.1, -0.05) is 47.5 Å². The van der Waals surface area contributed by atoms with Gasteiger partial charge in [-0.25, -0.2) is 0 Å². The molecule has 0 spiro atoms. The molecule has 0 aromatic heterocycles. The lowest BCUT2D eigenvalue weighted by Gasteiger charge is -2.27. The van der Waals surface area contributed by atoms with E-state index < -0.39 is 11.8 Å². The van der Waals surface area contributed by atoms with Gasteiger partial charge in [0.05, 0.1) is 9.50 Å². The van der Waals surface area contributed by atoms with Gasteiger partial charge in [0.1, 0.15) is 12.2 Å². The molecular formula is C22H18BrClN2O3S. The fraction of sp³-hybridized carbons (Fsp3) is 0.136. The number of rotatable bonds is 6. The van der Waals surface area contributed by atoms with E-state index in [4.69, 9.17) is 28.6 Å². The molecule has 0 atom stereocenters. The van der Waals surface area contributed by atoms with E-state index in [1.807, 2.05) is 31.2 Å². The molecule has 0 saturated carbocycles. The summed E-state index contributed by atoms with van der Waals surface area (Å²) < 4.78 is 6.48. The monoisotopic (exact) mass is 504 g/mol. The Labute approximate surface area is 193 Å². The number of hydrogen-bond donors (Lipinski definition) is 1. The van der Waals surface area contributed by atoms with Crippen molar-refractivity contribution in [3.05, 3.63) is 80.8 Å². The first kappa shape index (κ1) is 22.2. The maximum atomic E-state index is 12.7. The van der Waals surface area contributed by atoms with E-state index in [-0.39, 0.29) is 17.2 Å². The largest absolute Gasteiger partial charge is 0.486 e. The zero-order chi connectivity index (χ0) is 21.8. The minimum Gasteiger partial charge on any atom is -0.486 e. The van der Waals surface area contributed by atoms with Crippen molar-refractivity contribution >= 4 is 62.8 Å². The predicted molar refractivity (Wildman–Crippen MR) is 125 cm³/mol. The summed E-state index contributed by atoms with van der Waals surface area (Å²) in [6.45, 7) is 6.18. The number of ether oxygens (including phenoxy) is 1. The number of nitrogens with zero attached hydrogens (tertiary/aromatic N) is 1. The van der Waals surface area contributed by atoms with Crippen molar-refractivity contribution in [3.63, 3.8) is 0 Å². The molecule has 2 amide bonds. The standard InChI is InChI=1S/C22H18BrClN2O3S/c1-3-7-26-21(28)16(20(27)25-22(26)30)9-15-10-17(23)19(18(24)11-15)29-12-14-6-4-5-13(2)8-14/h3-6,8-11H,1,7,12H2,2H3,(H,25,27,30)/b16-9+. The van der Waals surface area contributed by atoms with Crippen LogP contribution in [0.1, 0.15) is 16.7 Å². The zero-order valence-corrected chi connectivity index (χ0v) is 19.2. The quantitative estimate of drug-likeness (QED) is 0.265. The smallest absolute Gasteiger partial charge is 0.265 e. The minimum absolute atomic E-state index is 0.0400. The lowest BCUT2D eigenvalue weighted by Crippen LogP contribution is -2.53. The van der Waals surface area contributed by atoms with Gasteiger partial charge < -0.3 is 4.74 Å². The number of benzene rings is 2. The van der Waals surface area contributed by atoms with E-state index in [1.54, 1.807) is 12.1 Å². The van der Waals surface area contributed by atoms with Crippen LogP contribution in [-0.4, -0.2) is 28.4 Å². The second-order valence-electron chi connectivity index (χ2n) is 6.61. The number of carbonyl (C=O) groups is 2. The number of halogens is 2. The van der Waals surface area contributed by atoms with Crippen LogP contribution < -0.4 is 10.1 Å². The Morgan fingerprint density at radius 1 is 1.30 bits per heavy atom. The molecule has 0 unspecified atom stereocenters. The maximum absolute atomic E-state index is 12.7.